The SMILES string of the molecule is CCN1CCN(c2nc(C=Cc3cc(N4CCOCC4)ncn3)cc3ccccc23)CC1. The van der Waals surface area contributed by atoms with Gasteiger partial charge in [-0.2, -0.15) is 0 Å². The van der Waals surface area contributed by atoms with Gasteiger partial charge in [-0.3, -0.25) is 0 Å². The Labute approximate surface area is 189 Å². The Hall–Kier alpha value is -3.03. The van der Waals surface area contributed by atoms with Gasteiger partial charge < -0.3 is 19.4 Å². The zero-order chi connectivity index (χ0) is 21.8. The van der Waals surface area contributed by atoms with Crippen LogP contribution < -0.4 is 9.80 Å². The molecule has 0 N–H and O–H groups in total. The van der Waals surface area contributed by atoms with Crippen molar-refractivity contribution in [3.05, 3.63) is 54.1 Å². The number of anilines is 2. The molecule has 0 amide bonds. The summed E-state index contributed by atoms with van der Waals surface area (Å²) in [6.07, 6.45) is 5.72. The molecule has 3 aromatic rings. The molecule has 166 valence electrons. The van der Waals surface area contributed by atoms with Crippen LogP contribution in [0, 0.1) is 0 Å². The van der Waals surface area contributed by atoms with Crippen LogP contribution in [-0.2, 0) is 4.74 Å². The van der Waals surface area contributed by atoms with Crippen molar-refractivity contribution in [1.82, 2.24) is 19.9 Å². The highest BCUT2D eigenvalue weighted by atomic mass is 16.5. The molecule has 5 rings (SSSR count). The predicted octanol–water partition coefficient (Wildman–Crippen LogP) is 3.17. The molecule has 4 heterocycles. The summed E-state index contributed by atoms with van der Waals surface area (Å²) in [6.45, 7) is 10.7. The van der Waals surface area contributed by atoms with Gasteiger partial charge in [-0.05, 0) is 30.1 Å². The number of rotatable bonds is 5. The van der Waals surface area contributed by atoms with Gasteiger partial charge >= 0.3 is 0 Å². The summed E-state index contributed by atoms with van der Waals surface area (Å²) in [5.74, 6) is 2.03. The monoisotopic (exact) mass is 430 g/mol. The van der Waals surface area contributed by atoms with E-state index in [0.29, 0.717) is 0 Å². The number of nitrogens with zero attached hydrogens (tertiary/aromatic N) is 6. The number of ether oxygens (including phenoxy) is 1. The number of morpholine rings is 1. The standard InChI is InChI=1S/C25H30N6O/c1-2-29-9-11-31(12-10-29)25-23-6-4-3-5-20(23)17-22(28-25)8-7-21-18-24(27-19-26-21)30-13-15-32-16-14-30/h3-8,17-19H,2,9-16H2,1H3. The van der Waals surface area contributed by atoms with Gasteiger partial charge in [0.05, 0.1) is 24.6 Å². The third kappa shape index (κ3) is 4.59. The van der Waals surface area contributed by atoms with Crippen LogP contribution in [0.4, 0.5) is 11.6 Å². The van der Waals surface area contributed by atoms with E-state index >= 15 is 0 Å². The Morgan fingerprint density at radius 1 is 0.875 bits per heavy atom. The lowest BCUT2D eigenvalue weighted by atomic mass is 10.1. The van der Waals surface area contributed by atoms with Crippen molar-refractivity contribution in [2.75, 3.05) is 68.8 Å². The highest BCUT2D eigenvalue weighted by Crippen LogP contribution is 2.27. The topological polar surface area (TPSA) is 57.6 Å². The summed E-state index contributed by atoms with van der Waals surface area (Å²) in [5, 5.41) is 2.43. The molecule has 0 spiro atoms. The molecule has 2 aromatic heterocycles. The Balaban J connectivity index is 1.41. The Morgan fingerprint density at radius 2 is 1.66 bits per heavy atom. The summed E-state index contributed by atoms with van der Waals surface area (Å²) < 4.78 is 5.45. The van der Waals surface area contributed by atoms with E-state index in [9.17, 15) is 0 Å². The molecule has 7 nitrogen and oxygen atoms in total. The highest BCUT2D eigenvalue weighted by molar-refractivity contribution is 5.94. The lowest BCUT2D eigenvalue weighted by Crippen LogP contribution is -2.46. The molecular formula is C25H30N6O. The fourth-order valence-corrected chi connectivity index (χ4v) is 4.39. The van der Waals surface area contributed by atoms with Crippen LogP contribution in [0.5, 0.6) is 0 Å². The normalized spacial score (nSPS) is 18.0. The molecule has 2 fully saturated rings. The molecule has 0 atom stereocenters. The summed E-state index contributed by atoms with van der Waals surface area (Å²) in [7, 11) is 0. The van der Waals surface area contributed by atoms with E-state index in [0.717, 1.165) is 82.1 Å². The minimum Gasteiger partial charge on any atom is -0.378 e. The molecule has 0 aliphatic carbocycles. The van der Waals surface area contributed by atoms with E-state index in [1.54, 1.807) is 6.33 Å². The number of likely N-dealkylation sites (N-methyl/N-ethyl adjacent to an activating group) is 1. The van der Waals surface area contributed by atoms with E-state index in [1.165, 1.54) is 10.8 Å². The van der Waals surface area contributed by atoms with Gasteiger partial charge in [0, 0.05) is 50.7 Å². The fraction of sp³-hybridized carbons (Fsp3) is 0.400. The zero-order valence-electron chi connectivity index (χ0n) is 18.7. The highest BCUT2D eigenvalue weighted by Gasteiger charge is 2.19. The van der Waals surface area contributed by atoms with Crippen LogP contribution in [0.2, 0.25) is 0 Å². The van der Waals surface area contributed by atoms with Crippen molar-refractivity contribution >= 4 is 34.6 Å². The summed E-state index contributed by atoms with van der Waals surface area (Å²) in [4.78, 5) is 21.1. The number of fused-ring (bicyclic) bond motifs is 1. The van der Waals surface area contributed by atoms with Gasteiger partial charge in [0.25, 0.3) is 0 Å². The average molecular weight is 431 g/mol. The first-order valence-corrected chi connectivity index (χ1v) is 11.5. The predicted molar refractivity (Wildman–Crippen MR) is 130 cm³/mol. The molecule has 0 unspecified atom stereocenters. The molecule has 0 saturated carbocycles. The zero-order valence-corrected chi connectivity index (χ0v) is 18.7. The van der Waals surface area contributed by atoms with Crippen molar-refractivity contribution in [2.24, 2.45) is 0 Å². The Bertz CT molecular complexity index is 1090. The van der Waals surface area contributed by atoms with E-state index in [2.05, 4.69) is 68.0 Å². The van der Waals surface area contributed by atoms with Crippen LogP contribution in [0.1, 0.15) is 18.3 Å². The number of piperazine rings is 1. The average Bonchev–Trinajstić information content (AvgIpc) is 2.88. The van der Waals surface area contributed by atoms with E-state index in [1.807, 2.05) is 12.1 Å². The largest absolute Gasteiger partial charge is 0.378 e. The molecule has 2 aliphatic rings. The lowest BCUT2D eigenvalue weighted by Gasteiger charge is -2.35. The van der Waals surface area contributed by atoms with Crippen LogP contribution in [0.3, 0.4) is 0 Å². The van der Waals surface area contributed by atoms with Gasteiger partial charge in [-0.1, -0.05) is 31.2 Å². The molecule has 1 aromatic carbocycles. The first-order chi connectivity index (χ1) is 15.8. The molecule has 2 aliphatic heterocycles. The summed E-state index contributed by atoms with van der Waals surface area (Å²) in [6, 6.07) is 12.7. The van der Waals surface area contributed by atoms with Gasteiger partial charge in [-0.15, -0.1) is 0 Å². The first-order valence-electron chi connectivity index (χ1n) is 11.5. The number of aromatic nitrogens is 3. The van der Waals surface area contributed by atoms with Crippen molar-refractivity contribution in [3.8, 4) is 0 Å². The maximum absolute atomic E-state index is 5.45. The van der Waals surface area contributed by atoms with Crippen molar-refractivity contribution in [1.29, 1.82) is 0 Å². The number of hydrogen-bond donors (Lipinski definition) is 0. The smallest absolute Gasteiger partial charge is 0.137 e. The molecule has 0 bridgehead atoms. The molecular weight excluding hydrogens is 400 g/mol. The quantitative estimate of drug-likeness (QED) is 0.616. The molecule has 2 saturated heterocycles. The van der Waals surface area contributed by atoms with Crippen molar-refractivity contribution < 1.29 is 4.74 Å². The van der Waals surface area contributed by atoms with Crippen molar-refractivity contribution in [2.45, 2.75) is 6.92 Å². The van der Waals surface area contributed by atoms with Crippen LogP contribution >= 0.6 is 0 Å². The minimum atomic E-state index is 0.742. The van der Waals surface area contributed by atoms with Gasteiger partial charge in [0.1, 0.15) is 18.0 Å². The van der Waals surface area contributed by atoms with Gasteiger partial charge in [-0.25, -0.2) is 15.0 Å². The van der Waals surface area contributed by atoms with Crippen LogP contribution in [0.15, 0.2) is 42.7 Å². The van der Waals surface area contributed by atoms with E-state index in [-0.39, 0.29) is 0 Å². The minimum absolute atomic E-state index is 0.742. The maximum Gasteiger partial charge on any atom is 0.137 e. The molecule has 32 heavy (non-hydrogen) atoms. The van der Waals surface area contributed by atoms with Gasteiger partial charge in [0.15, 0.2) is 0 Å². The maximum atomic E-state index is 5.45. The molecule has 0 radical (unpaired) electrons. The first kappa shape index (κ1) is 20.8. The second kappa shape index (κ2) is 9.63. The molecule has 7 heteroatoms. The Morgan fingerprint density at radius 3 is 2.47 bits per heavy atom. The number of pyridine rings is 1. The fourth-order valence-electron chi connectivity index (χ4n) is 4.39. The lowest BCUT2D eigenvalue weighted by molar-refractivity contribution is 0.122. The van der Waals surface area contributed by atoms with Crippen LogP contribution in [-0.4, -0.2) is 78.9 Å². The van der Waals surface area contributed by atoms with E-state index < -0.39 is 0 Å². The second-order valence-corrected chi connectivity index (χ2v) is 8.25. The third-order valence-electron chi connectivity index (χ3n) is 6.29. The number of benzene rings is 1. The summed E-state index contributed by atoms with van der Waals surface area (Å²) >= 11 is 0. The summed E-state index contributed by atoms with van der Waals surface area (Å²) in [5.41, 5.74) is 1.83. The Kier molecular flexibility index (Phi) is 6.27. The van der Waals surface area contributed by atoms with Crippen molar-refractivity contribution in [3.63, 3.8) is 0 Å². The van der Waals surface area contributed by atoms with Crippen LogP contribution in [0.25, 0.3) is 22.9 Å². The second-order valence-electron chi connectivity index (χ2n) is 8.25. The van der Waals surface area contributed by atoms with Gasteiger partial charge in [0.2, 0.25) is 0 Å². The van der Waals surface area contributed by atoms with E-state index in [4.69, 9.17) is 9.72 Å². The third-order valence-corrected chi connectivity index (χ3v) is 6.29. The number of hydrogen-bond acceptors (Lipinski definition) is 7.